The lowest BCUT2D eigenvalue weighted by atomic mass is 10.1. The van der Waals surface area contributed by atoms with Crippen molar-refractivity contribution in [2.75, 3.05) is 5.73 Å². The SMILES string of the molecule is CC(C)c1nc(-c2ccc(Cl)cc2F)c(N)s1. The van der Waals surface area contributed by atoms with Crippen molar-refractivity contribution in [1.82, 2.24) is 4.98 Å². The van der Waals surface area contributed by atoms with Crippen LogP contribution in [-0.2, 0) is 0 Å². The molecule has 0 saturated heterocycles. The van der Waals surface area contributed by atoms with Crippen LogP contribution >= 0.6 is 22.9 Å². The zero-order valence-corrected chi connectivity index (χ0v) is 11.1. The predicted octanol–water partition coefficient (Wildman–Crippen LogP) is 4.31. The molecule has 90 valence electrons. The number of aromatic nitrogens is 1. The van der Waals surface area contributed by atoms with E-state index in [1.54, 1.807) is 12.1 Å². The average Bonchev–Trinajstić information content (AvgIpc) is 2.61. The van der Waals surface area contributed by atoms with E-state index in [0.717, 1.165) is 5.01 Å². The minimum Gasteiger partial charge on any atom is -0.389 e. The van der Waals surface area contributed by atoms with Crippen LogP contribution in [0.15, 0.2) is 18.2 Å². The van der Waals surface area contributed by atoms with Gasteiger partial charge in [0.1, 0.15) is 16.5 Å². The van der Waals surface area contributed by atoms with Crippen LogP contribution < -0.4 is 5.73 Å². The zero-order chi connectivity index (χ0) is 12.6. The van der Waals surface area contributed by atoms with E-state index in [4.69, 9.17) is 17.3 Å². The first-order valence-corrected chi connectivity index (χ1v) is 6.40. The van der Waals surface area contributed by atoms with Gasteiger partial charge in [0.15, 0.2) is 0 Å². The van der Waals surface area contributed by atoms with Gasteiger partial charge in [-0.05, 0) is 18.2 Å². The summed E-state index contributed by atoms with van der Waals surface area (Å²) in [6.07, 6.45) is 0. The highest BCUT2D eigenvalue weighted by atomic mass is 35.5. The third-order valence-electron chi connectivity index (χ3n) is 2.35. The number of nitrogen functional groups attached to an aromatic ring is 1. The number of thiazole rings is 1. The number of hydrogen-bond acceptors (Lipinski definition) is 3. The zero-order valence-electron chi connectivity index (χ0n) is 9.50. The molecule has 0 spiro atoms. The summed E-state index contributed by atoms with van der Waals surface area (Å²) in [4.78, 5) is 4.38. The first-order valence-electron chi connectivity index (χ1n) is 5.20. The molecule has 0 aliphatic rings. The lowest BCUT2D eigenvalue weighted by Crippen LogP contribution is -1.90. The number of anilines is 1. The van der Waals surface area contributed by atoms with Crippen LogP contribution in [0.25, 0.3) is 11.3 Å². The highest BCUT2D eigenvalue weighted by Gasteiger charge is 2.16. The maximum absolute atomic E-state index is 13.8. The molecule has 2 nitrogen and oxygen atoms in total. The van der Waals surface area contributed by atoms with Gasteiger partial charge in [0, 0.05) is 16.5 Å². The van der Waals surface area contributed by atoms with Crippen molar-refractivity contribution in [3.63, 3.8) is 0 Å². The molecule has 0 aliphatic heterocycles. The summed E-state index contributed by atoms with van der Waals surface area (Å²) in [5.41, 5.74) is 6.78. The Labute approximate surface area is 108 Å². The van der Waals surface area contributed by atoms with Crippen molar-refractivity contribution in [1.29, 1.82) is 0 Å². The summed E-state index contributed by atoms with van der Waals surface area (Å²) in [7, 11) is 0. The molecule has 0 aliphatic carbocycles. The molecule has 0 amide bonds. The molecule has 2 rings (SSSR count). The predicted molar refractivity (Wildman–Crippen MR) is 71.0 cm³/mol. The van der Waals surface area contributed by atoms with E-state index in [0.29, 0.717) is 21.3 Å². The Morgan fingerprint density at radius 2 is 2.12 bits per heavy atom. The topological polar surface area (TPSA) is 38.9 Å². The fourth-order valence-electron chi connectivity index (χ4n) is 1.47. The van der Waals surface area contributed by atoms with Crippen LogP contribution in [0.4, 0.5) is 9.39 Å². The molecule has 2 N–H and O–H groups in total. The summed E-state index contributed by atoms with van der Waals surface area (Å²) in [6, 6.07) is 4.51. The number of halogens is 2. The molecule has 0 saturated carbocycles. The molecule has 0 bridgehead atoms. The Morgan fingerprint density at radius 3 is 2.65 bits per heavy atom. The Hall–Kier alpha value is -1.13. The van der Waals surface area contributed by atoms with Crippen LogP contribution in [0.3, 0.4) is 0 Å². The van der Waals surface area contributed by atoms with Gasteiger partial charge in [-0.25, -0.2) is 9.37 Å². The Bertz CT molecular complexity index is 551. The van der Waals surface area contributed by atoms with E-state index < -0.39 is 5.82 Å². The summed E-state index contributed by atoms with van der Waals surface area (Å²) in [5.74, 6) is -0.115. The standard InChI is InChI=1S/C12H12ClFN2S/c1-6(2)12-16-10(11(15)17-12)8-4-3-7(13)5-9(8)14/h3-6H,15H2,1-2H3. The third-order valence-corrected chi connectivity index (χ3v) is 3.77. The van der Waals surface area contributed by atoms with E-state index in [1.165, 1.54) is 17.4 Å². The molecule has 2 aromatic rings. The van der Waals surface area contributed by atoms with Gasteiger partial charge in [0.25, 0.3) is 0 Å². The normalized spacial score (nSPS) is 11.1. The Balaban J connectivity index is 2.52. The monoisotopic (exact) mass is 270 g/mol. The molecule has 1 heterocycles. The second kappa shape index (κ2) is 4.63. The van der Waals surface area contributed by atoms with Gasteiger partial charge in [-0.2, -0.15) is 0 Å². The van der Waals surface area contributed by atoms with Crippen LogP contribution in [0.2, 0.25) is 5.02 Å². The fourth-order valence-corrected chi connectivity index (χ4v) is 2.48. The number of hydrogen-bond donors (Lipinski definition) is 1. The van der Waals surface area contributed by atoms with Gasteiger partial charge < -0.3 is 5.73 Å². The molecule has 0 unspecified atom stereocenters. The Kier molecular flexibility index (Phi) is 3.35. The Morgan fingerprint density at radius 1 is 1.41 bits per heavy atom. The maximum atomic E-state index is 13.8. The molecule has 1 aromatic heterocycles. The fraction of sp³-hybridized carbons (Fsp3) is 0.250. The maximum Gasteiger partial charge on any atom is 0.134 e. The van der Waals surface area contributed by atoms with Crippen LogP contribution in [-0.4, -0.2) is 4.98 Å². The van der Waals surface area contributed by atoms with Crippen LogP contribution in [0, 0.1) is 5.82 Å². The van der Waals surface area contributed by atoms with Gasteiger partial charge >= 0.3 is 0 Å². The third kappa shape index (κ3) is 2.42. The minimum atomic E-state index is -0.398. The molecular weight excluding hydrogens is 259 g/mol. The number of benzene rings is 1. The van der Waals surface area contributed by atoms with Gasteiger partial charge in [-0.3, -0.25) is 0 Å². The molecule has 5 heteroatoms. The molecule has 0 radical (unpaired) electrons. The van der Waals surface area contributed by atoms with Crippen molar-refractivity contribution in [2.45, 2.75) is 19.8 Å². The first-order chi connectivity index (χ1) is 7.99. The lowest BCUT2D eigenvalue weighted by molar-refractivity contribution is 0.631. The highest BCUT2D eigenvalue weighted by Crippen LogP contribution is 2.35. The van der Waals surface area contributed by atoms with E-state index in [2.05, 4.69) is 4.98 Å². The lowest BCUT2D eigenvalue weighted by Gasteiger charge is -2.01. The minimum absolute atomic E-state index is 0.284. The second-order valence-electron chi connectivity index (χ2n) is 4.04. The van der Waals surface area contributed by atoms with Crippen molar-refractivity contribution in [3.8, 4) is 11.3 Å². The average molecular weight is 271 g/mol. The molecular formula is C12H12ClFN2S. The number of rotatable bonds is 2. The van der Waals surface area contributed by atoms with Gasteiger partial charge in [0.05, 0.1) is 5.01 Å². The van der Waals surface area contributed by atoms with Crippen molar-refractivity contribution >= 4 is 27.9 Å². The molecule has 17 heavy (non-hydrogen) atoms. The quantitative estimate of drug-likeness (QED) is 0.883. The molecule has 1 aromatic carbocycles. The molecule has 0 atom stereocenters. The smallest absolute Gasteiger partial charge is 0.134 e. The summed E-state index contributed by atoms with van der Waals surface area (Å²) < 4.78 is 13.8. The summed E-state index contributed by atoms with van der Waals surface area (Å²) in [6.45, 7) is 4.06. The van der Waals surface area contributed by atoms with Crippen molar-refractivity contribution in [3.05, 3.63) is 34.0 Å². The summed E-state index contributed by atoms with van der Waals surface area (Å²) >= 11 is 7.11. The number of nitrogens with zero attached hydrogens (tertiary/aromatic N) is 1. The van der Waals surface area contributed by atoms with Gasteiger partial charge in [0.2, 0.25) is 0 Å². The van der Waals surface area contributed by atoms with Crippen molar-refractivity contribution < 1.29 is 4.39 Å². The van der Waals surface area contributed by atoms with E-state index in [1.807, 2.05) is 13.8 Å². The highest BCUT2D eigenvalue weighted by molar-refractivity contribution is 7.16. The largest absolute Gasteiger partial charge is 0.389 e. The van der Waals surface area contributed by atoms with Crippen molar-refractivity contribution in [2.24, 2.45) is 0 Å². The second-order valence-corrected chi connectivity index (χ2v) is 5.54. The van der Waals surface area contributed by atoms with E-state index >= 15 is 0 Å². The van der Waals surface area contributed by atoms with Crippen LogP contribution in [0.5, 0.6) is 0 Å². The first kappa shape index (κ1) is 12.3. The van der Waals surface area contributed by atoms with E-state index in [9.17, 15) is 4.39 Å². The van der Waals surface area contributed by atoms with Gasteiger partial charge in [-0.15, -0.1) is 11.3 Å². The number of nitrogens with two attached hydrogens (primary N) is 1. The summed E-state index contributed by atoms with van der Waals surface area (Å²) in [5, 5.41) is 1.81. The molecule has 0 fully saturated rings. The van der Waals surface area contributed by atoms with E-state index in [-0.39, 0.29) is 5.92 Å². The van der Waals surface area contributed by atoms with Gasteiger partial charge in [-0.1, -0.05) is 25.4 Å². The van der Waals surface area contributed by atoms with Crippen LogP contribution in [0.1, 0.15) is 24.8 Å².